The van der Waals surface area contributed by atoms with Crippen molar-refractivity contribution in [1.29, 1.82) is 5.26 Å². The second-order valence-corrected chi connectivity index (χ2v) is 3.98. The third-order valence-corrected chi connectivity index (χ3v) is 2.87. The average Bonchev–Trinajstić information content (AvgIpc) is 2.78. The molecule has 0 amide bonds. The SMILES string of the molecule is COc1cc(Cl)c(F)c(-c2ccnn2C)c1C#N. The standard InChI is InChI=1S/C12H9ClFN3O/c1-17-9(3-4-16-17)11-7(6-15)10(18-2)5-8(13)12(11)14/h3-5H,1-2H3. The first-order valence-electron chi connectivity index (χ1n) is 5.04. The molecule has 0 aliphatic rings. The Morgan fingerprint density at radius 3 is 2.78 bits per heavy atom. The number of aryl methyl sites for hydroxylation is 1. The lowest BCUT2D eigenvalue weighted by atomic mass is 10.0. The molecule has 0 spiro atoms. The van der Waals surface area contributed by atoms with Gasteiger partial charge < -0.3 is 4.74 Å². The third kappa shape index (κ3) is 1.81. The van der Waals surface area contributed by atoms with Gasteiger partial charge in [-0.2, -0.15) is 10.4 Å². The number of hydrogen-bond donors (Lipinski definition) is 0. The Morgan fingerprint density at radius 1 is 1.56 bits per heavy atom. The zero-order chi connectivity index (χ0) is 13.3. The second-order valence-electron chi connectivity index (χ2n) is 3.58. The van der Waals surface area contributed by atoms with Crippen molar-refractivity contribution >= 4 is 11.6 Å². The number of halogens is 2. The summed E-state index contributed by atoms with van der Waals surface area (Å²) in [4.78, 5) is 0. The Kier molecular flexibility index (Phi) is 3.21. The number of rotatable bonds is 2. The molecule has 2 rings (SSSR count). The molecule has 2 aromatic rings. The van der Waals surface area contributed by atoms with Gasteiger partial charge in [-0.15, -0.1) is 0 Å². The summed E-state index contributed by atoms with van der Waals surface area (Å²) >= 11 is 5.80. The number of nitriles is 1. The minimum Gasteiger partial charge on any atom is -0.495 e. The molecule has 0 aliphatic carbocycles. The van der Waals surface area contributed by atoms with Crippen LogP contribution in [0.2, 0.25) is 5.02 Å². The molecule has 0 N–H and O–H groups in total. The molecule has 1 heterocycles. The summed E-state index contributed by atoms with van der Waals surface area (Å²) in [5.74, 6) is -0.419. The Morgan fingerprint density at radius 2 is 2.28 bits per heavy atom. The molecular weight excluding hydrogens is 257 g/mol. The van der Waals surface area contributed by atoms with E-state index in [4.69, 9.17) is 21.6 Å². The predicted octanol–water partition coefficient (Wildman–Crippen LogP) is 2.76. The van der Waals surface area contributed by atoms with E-state index in [1.807, 2.05) is 6.07 Å². The fourth-order valence-electron chi connectivity index (χ4n) is 1.73. The van der Waals surface area contributed by atoms with E-state index in [9.17, 15) is 4.39 Å². The van der Waals surface area contributed by atoms with Gasteiger partial charge in [-0.05, 0) is 6.07 Å². The summed E-state index contributed by atoms with van der Waals surface area (Å²) in [6, 6.07) is 4.83. The molecule has 0 radical (unpaired) electrons. The summed E-state index contributed by atoms with van der Waals surface area (Å²) in [5, 5.41) is 13.0. The molecule has 4 nitrogen and oxygen atoms in total. The average molecular weight is 266 g/mol. The topological polar surface area (TPSA) is 50.8 Å². The maximum absolute atomic E-state index is 14.1. The van der Waals surface area contributed by atoms with E-state index in [0.717, 1.165) is 0 Å². The van der Waals surface area contributed by atoms with E-state index in [0.29, 0.717) is 5.69 Å². The smallest absolute Gasteiger partial charge is 0.152 e. The summed E-state index contributed by atoms with van der Waals surface area (Å²) in [7, 11) is 3.06. The molecule has 0 unspecified atom stereocenters. The molecule has 6 heteroatoms. The number of aromatic nitrogens is 2. The van der Waals surface area contributed by atoms with Crippen LogP contribution in [0.5, 0.6) is 5.75 Å². The van der Waals surface area contributed by atoms with Crippen LogP contribution >= 0.6 is 11.6 Å². The van der Waals surface area contributed by atoms with Crippen molar-refractivity contribution in [3.05, 3.63) is 34.7 Å². The minimum atomic E-state index is -0.655. The number of benzene rings is 1. The van der Waals surface area contributed by atoms with Gasteiger partial charge in [0.05, 0.1) is 23.4 Å². The summed E-state index contributed by atoms with van der Waals surface area (Å²) in [5.41, 5.74) is 0.662. The van der Waals surface area contributed by atoms with E-state index in [-0.39, 0.29) is 21.9 Å². The van der Waals surface area contributed by atoms with Gasteiger partial charge in [0.2, 0.25) is 0 Å². The van der Waals surface area contributed by atoms with Crippen molar-refractivity contribution in [3.8, 4) is 23.1 Å². The fourth-order valence-corrected chi connectivity index (χ4v) is 1.93. The van der Waals surface area contributed by atoms with Crippen LogP contribution in [-0.2, 0) is 7.05 Å². The Bertz CT molecular complexity index is 646. The Hall–Kier alpha value is -2.06. The highest BCUT2D eigenvalue weighted by Gasteiger charge is 2.21. The van der Waals surface area contributed by atoms with Crippen LogP contribution in [0, 0.1) is 17.1 Å². The zero-order valence-electron chi connectivity index (χ0n) is 9.74. The molecule has 1 aromatic carbocycles. The molecular formula is C12H9ClFN3O. The lowest BCUT2D eigenvalue weighted by Crippen LogP contribution is -2.01. The second kappa shape index (κ2) is 4.67. The van der Waals surface area contributed by atoms with Crippen molar-refractivity contribution < 1.29 is 9.13 Å². The van der Waals surface area contributed by atoms with Gasteiger partial charge in [0, 0.05) is 19.3 Å². The maximum Gasteiger partial charge on any atom is 0.152 e. The first kappa shape index (κ1) is 12.4. The van der Waals surface area contributed by atoms with Crippen molar-refractivity contribution in [2.24, 2.45) is 7.05 Å². The van der Waals surface area contributed by atoms with Gasteiger partial charge in [0.25, 0.3) is 0 Å². The highest BCUT2D eigenvalue weighted by molar-refractivity contribution is 6.31. The van der Waals surface area contributed by atoms with Crippen LogP contribution in [0.25, 0.3) is 11.3 Å². The zero-order valence-corrected chi connectivity index (χ0v) is 10.5. The van der Waals surface area contributed by atoms with Crippen LogP contribution in [0.1, 0.15) is 5.56 Å². The van der Waals surface area contributed by atoms with Crippen LogP contribution in [0.3, 0.4) is 0 Å². The molecule has 0 saturated heterocycles. The first-order chi connectivity index (χ1) is 8.60. The number of nitrogens with zero attached hydrogens (tertiary/aromatic N) is 3. The number of methoxy groups -OCH3 is 1. The highest BCUT2D eigenvalue weighted by atomic mass is 35.5. The third-order valence-electron chi connectivity index (χ3n) is 2.59. The Labute approximate surface area is 108 Å². The van der Waals surface area contributed by atoms with E-state index in [1.165, 1.54) is 24.1 Å². The monoisotopic (exact) mass is 265 g/mol. The van der Waals surface area contributed by atoms with Crippen molar-refractivity contribution in [1.82, 2.24) is 9.78 Å². The first-order valence-corrected chi connectivity index (χ1v) is 5.42. The maximum atomic E-state index is 14.1. The summed E-state index contributed by atoms with van der Waals surface area (Å²) in [6.45, 7) is 0. The van der Waals surface area contributed by atoms with E-state index < -0.39 is 5.82 Å². The predicted molar refractivity (Wildman–Crippen MR) is 64.9 cm³/mol. The molecule has 0 aliphatic heterocycles. The van der Waals surface area contributed by atoms with Crippen molar-refractivity contribution in [2.75, 3.05) is 7.11 Å². The normalized spacial score (nSPS) is 10.2. The molecule has 92 valence electrons. The molecule has 0 saturated carbocycles. The van der Waals surface area contributed by atoms with Crippen LogP contribution in [0.4, 0.5) is 4.39 Å². The van der Waals surface area contributed by atoms with Crippen molar-refractivity contribution in [3.63, 3.8) is 0 Å². The largest absolute Gasteiger partial charge is 0.495 e. The Balaban J connectivity index is 2.85. The van der Waals surface area contributed by atoms with Crippen LogP contribution in [-0.4, -0.2) is 16.9 Å². The van der Waals surface area contributed by atoms with Crippen molar-refractivity contribution in [2.45, 2.75) is 0 Å². The van der Waals surface area contributed by atoms with E-state index in [1.54, 1.807) is 13.1 Å². The number of hydrogen-bond acceptors (Lipinski definition) is 3. The molecule has 0 fully saturated rings. The van der Waals surface area contributed by atoms with Gasteiger partial charge in [-0.25, -0.2) is 4.39 Å². The van der Waals surface area contributed by atoms with E-state index >= 15 is 0 Å². The summed E-state index contributed by atoms with van der Waals surface area (Å²) < 4.78 is 20.6. The highest BCUT2D eigenvalue weighted by Crippen LogP contribution is 2.36. The van der Waals surface area contributed by atoms with Gasteiger partial charge >= 0.3 is 0 Å². The summed E-state index contributed by atoms with van der Waals surface area (Å²) in [6.07, 6.45) is 1.52. The number of ether oxygens (including phenoxy) is 1. The molecule has 1 aromatic heterocycles. The fraction of sp³-hybridized carbons (Fsp3) is 0.167. The lowest BCUT2D eigenvalue weighted by Gasteiger charge is -2.11. The quantitative estimate of drug-likeness (QED) is 0.839. The van der Waals surface area contributed by atoms with Gasteiger partial charge in [-0.1, -0.05) is 11.6 Å². The minimum absolute atomic E-state index is 0.0953. The van der Waals surface area contributed by atoms with E-state index in [2.05, 4.69) is 5.10 Å². The molecule has 0 atom stereocenters. The van der Waals surface area contributed by atoms with Crippen LogP contribution in [0.15, 0.2) is 18.3 Å². The van der Waals surface area contributed by atoms with Gasteiger partial charge in [-0.3, -0.25) is 4.68 Å². The lowest BCUT2D eigenvalue weighted by molar-refractivity contribution is 0.412. The molecule has 0 bridgehead atoms. The van der Waals surface area contributed by atoms with Gasteiger partial charge in [0.1, 0.15) is 17.4 Å². The molecule has 18 heavy (non-hydrogen) atoms. The van der Waals surface area contributed by atoms with Crippen LogP contribution < -0.4 is 4.74 Å². The van der Waals surface area contributed by atoms with Gasteiger partial charge in [0.15, 0.2) is 5.82 Å².